The lowest BCUT2D eigenvalue weighted by Crippen LogP contribution is -2.50. The second-order valence-electron chi connectivity index (χ2n) is 5.51. The smallest absolute Gasteiger partial charge is 0.309 e. The number of hydrogen-bond donors (Lipinski definition) is 0. The maximum atomic E-state index is 12.5. The van der Waals surface area contributed by atoms with Crippen LogP contribution in [0.2, 0.25) is 0 Å². The minimum absolute atomic E-state index is 0.0152. The first-order chi connectivity index (χ1) is 9.79. The number of carbonyl (C=O) groups is 1. The summed E-state index contributed by atoms with van der Waals surface area (Å²) in [5, 5.41) is 14.9. The lowest BCUT2D eigenvalue weighted by Gasteiger charge is -2.36. The number of morpholine rings is 1. The maximum Gasteiger partial charge on any atom is 0.309 e. The van der Waals surface area contributed by atoms with Crippen molar-refractivity contribution < 1.29 is 14.5 Å². The first-order valence-corrected chi connectivity index (χ1v) is 6.94. The Morgan fingerprint density at radius 3 is 2.52 bits per heavy atom. The molecule has 8 heteroatoms. The fourth-order valence-corrected chi connectivity index (χ4v) is 2.58. The van der Waals surface area contributed by atoms with Gasteiger partial charge in [0.2, 0.25) is 5.91 Å². The first-order valence-electron chi connectivity index (χ1n) is 6.94. The SMILES string of the molecule is Cc1nn([C@@H](C)C(=O)N2C[C@@H](C)O[C@@H](C)C2)cc1[N+](=O)[O-]. The van der Waals surface area contributed by atoms with Crippen LogP contribution in [0, 0.1) is 17.0 Å². The highest BCUT2D eigenvalue weighted by molar-refractivity contribution is 5.80. The largest absolute Gasteiger partial charge is 0.372 e. The number of aryl methyl sites for hydroxylation is 1. The predicted molar refractivity (Wildman–Crippen MR) is 74.9 cm³/mol. The van der Waals surface area contributed by atoms with Gasteiger partial charge in [-0.2, -0.15) is 5.10 Å². The van der Waals surface area contributed by atoms with Gasteiger partial charge in [0.1, 0.15) is 17.9 Å². The molecule has 0 bridgehead atoms. The molecule has 1 saturated heterocycles. The third-order valence-corrected chi connectivity index (χ3v) is 3.57. The Kier molecular flexibility index (Phi) is 4.26. The number of nitrogens with zero attached hydrogens (tertiary/aromatic N) is 4. The van der Waals surface area contributed by atoms with E-state index in [1.807, 2.05) is 13.8 Å². The van der Waals surface area contributed by atoms with Gasteiger partial charge in [-0.3, -0.25) is 19.6 Å². The molecule has 3 atom stereocenters. The molecule has 0 saturated carbocycles. The number of hydrogen-bond acceptors (Lipinski definition) is 5. The molecule has 0 aliphatic carbocycles. The number of ether oxygens (including phenoxy) is 1. The van der Waals surface area contributed by atoms with Crippen molar-refractivity contribution in [3.63, 3.8) is 0 Å². The minimum atomic E-state index is -0.574. The molecule has 2 rings (SSSR count). The second kappa shape index (κ2) is 5.80. The number of carbonyl (C=O) groups excluding carboxylic acids is 1. The molecule has 1 amide bonds. The van der Waals surface area contributed by atoms with Crippen LogP contribution in [0.3, 0.4) is 0 Å². The van der Waals surface area contributed by atoms with E-state index in [1.165, 1.54) is 10.9 Å². The van der Waals surface area contributed by atoms with Crippen LogP contribution in [-0.2, 0) is 9.53 Å². The van der Waals surface area contributed by atoms with Gasteiger partial charge < -0.3 is 9.64 Å². The monoisotopic (exact) mass is 296 g/mol. The van der Waals surface area contributed by atoms with Gasteiger partial charge in [0.05, 0.1) is 17.1 Å². The van der Waals surface area contributed by atoms with Crippen LogP contribution < -0.4 is 0 Å². The number of amides is 1. The van der Waals surface area contributed by atoms with Crippen molar-refractivity contribution in [1.29, 1.82) is 0 Å². The van der Waals surface area contributed by atoms with Gasteiger partial charge in [0.15, 0.2) is 0 Å². The van der Waals surface area contributed by atoms with Crippen molar-refractivity contribution >= 4 is 11.6 Å². The Balaban J connectivity index is 2.15. The highest BCUT2D eigenvalue weighted by Crippen LogP contribution is 2.21. The van der Waals surface area contributed by atoms with Gasteiger partial charge >= 0.3 is 5.69 Å². The molecule has 0 N–H and O–H groups in total. The molecule has 0 radical (unpaired) electrons. The van der Waals surface area contributed by atoms with Crippen LogP contribution >= 0.6 is 0 Å². The van der Waals surface area contributed by atoms with E-state index in [0.29, 0.717) is 18.8 Å². The molecular formula is C13H20N4O4. The van der Waals surface area contributed by atoms with E-state index in [0.717, 1.165) is 0 Å². The normalized spacial score (nSPS) is 23.9. The Labute approximate surface area is 122 Å². The lowest BCUT2D eigenvalue weighted by atomic mass is 10.2. The van der Waals surface area contributed by atoms with Crippen molar-refractivity contribution in [3.8, 4) is 0 Å². The van der Waals surface area contributed by atoms with E-state index in [-0.39, 0.29) is 23.8 Å². The van der Waals surface area contributed by atoms with Crippen LogP contribution in [0.4, 0.5) is 5.69 Å². The molecule has 21 heavy (non-hydrogen) atoms. The van der Waals surface area contributed by atoms with Crippen LogP contribution in [-0.4, -0.2) is 50.8 Å². The molecule has 8 nitrogen and oxygen atoms in total. The van der Waals surface area contributed by atoms with Gasteiger partial charge in [-0.15, -0.1) is 0 Å². The van der Waals surface area contributed by atoms with Crippen LogP contribution in [0.15, 0.2) is 6.20 Å². The third-order valence-electron chi connectivity index (χ3n) is 3.57. The first kappa shape index (κ1) is 15.4. The summed E-state index contributed by atoms with van der Waals surface area (Å²) in [7, 11) is 0. The zero-order valence-corrected chi connectivity index (χ0v) is 12.6. The average molecular weight is 296 g/mol. The maximum absolute atomic E-state index is 12.5. The average Bonchev–Trinajstić information content (AvgIpc) is 2.78. The molecule has 0 aromatic carbocycles. The quantitative estimate of drug-likeness (QED) is 0.619. The standard InChI is InChI=1S/C13H20N4O4/c1-8-5-15(6-9(2)21-8)13(18)11(4)16-7-12(17(19)20)10(3)14-16/h7-9,11H,5-6H2,1-4H3/t8-,9+,11-/m0/s1. The summed E-state index contributed by atoms with van der Waals surface area (Å²) in [4.78, 5) is 24.6. The molecule has 0 spiro atoms. The van der Waals surface area contributed by atoms with Crippen LogP contribution in [0.1, 0.15) is 32.5 Å². The van der Waals surface area contributed by atoms with Gasteiger partial charge in [0.25, 0.3) is 0 Å². The molecule has 1 aromatic rings. The Morgan fingerprint density at radius 2 is 2.05 bits per heavy atom. The molecule has 1 aliphatic rings. The molecule has 1 fully saturated rings. The molecule has 0 unspecified atom stereocenters. The zero-order chi connectivity index (χ0) is 15.7. The minimum Gasteiger partial charge on any atom is -0.372 e. The van der Waals surface area contributed by atoms with Crippen molar-refractivity contribution in [1.82, 2.24) is 14.7 Å². The van der Waals surface area contributed by atoms with Gasteiger partial charge in [-0.1, -0.05) is 0 Å². The molecule has 116 valence electrons. The Morgan fingerprint density at radius 1 is 1.48 bits per heavy atom. The summed E-state index contributed by atoms with van der Waals surface area (Å²) >= 11 is 0. The summed E-state index contributed by atoms with van der Waals surface area (Å²) in [5.74, 6) is -0.102. The summed E-state index contributed by atoms with van der Waals surface area (Å²) in [6.07, 6.45) is 1.28. The van der Waals surface area contributed by atoms with Crippen molar-refractivity contribution in [3.05, 3.63) is 22.0 Å². The lowest BCUT2D eigenvalue weighted by molar-refractivity contribution is -0.385. The van der Waals surface area contributed by atoms with Crippen LogP contribution in [0.25, 0.3) is 0 Å². The van der Waals surface area contributed by atoms with E-state index in [9.17, 15) is 14.9 Å². The summed E-state index contributed by atoms with van der Waals surface area (Å²) in [6.45, 7) is 8.15. The van der Waals surface area contributed by atoms with Gasteiger partial charge in [0, 0.05) is 13.1 Å². The summed E-state index contributed by atoms with van der Waals surface area (Å²) in [6, 6.07) is -0.574. The van der Waals surface area contributed by atoms with E-state index in [2.05, 4.69) is 5.10 Å². The Bertz CT molecular complexity index is 546. The number of nitro groups is 1. The van der Waals surface area contributed by atoms with E-state index in [4.69, 9.17) is 4.74 Å². The topological polar surface area (TPSA) is 90.5 Å². The molecular weight excluding hydrogens is 276 g/mol. The van der Waals surface area contributed by atoms with E-state index >= 15 is 0 Å². The fraction of sp³-hybridized carbons (Fsp3) is 0.692. The van der Waals surface area contributed by atoms with Gasteiger partial charge in [-0.25, -0.2) is 0 Å². The molecule has 2 heterocycles. The van der Waals surface area contributed by atoms with Crippen LogP contribution in [0.5, 0.6) is 0 Å². The highest BCUT2D eigenvalue weighted by atomic mass is 16.6. The summed E-state index contributed by atoms with van der Waals surface area (Å²) in [5.41, 5.74) is 0.238. The molecule has 1 aliphatic heterocycles. The second-order valence-corrected chi connectivity index (χ2v) is 5.51. The summed E-state index contributed by atoms with van der Waals surface area (Å²) < 4.78 is 6.96. The van der Waals surface area contributed by atoms with Crippen molar-refractivity contribution in [2.75, 3.05) is 13.1 Å². The fourth-order valence-electron chi connectivity index (χ4n) is 2.58. The zero-order valence-electron chi connectivity index (χ0n) is 12.6. The van der Waals surface area contributed by atoms with Gasteiger partial charge in [-0.05, 0) is 27.7 Å². The number of rotatable bonds is 3. The molecule has 1 aromatic heterocycles. The van der Waals surface area contributed by atoms with E-state index in [1.54, 1.807) is 18.7 Å². The van der Waals surface area contributed by atoms with E-state index < -0.39 is 11.0 Å². The predicted octanol–water partition coefficient (Wildman–Crippen LogP) is 1.30. The number of aromatic nitrogens is 2. The van der Waals surface area contributed by atoms with Crippen molar-refractivity contribution in [2.24, 2.45) is 0 Å². The van der Waals surface area contributed by atoms with Crippen molar-refractivity contribution in [2.45, 2.75) is 45.9 Å². The Hall–Kier alpha value is -1.96. The third kappa shape index (κ3) is 3.21. The highest BCUT2D eigenvalue weighted by Gasteiger charge is 2.30.